The van der Waals surface area contributed by atoms with Gasteiger partial charge < -0.3 is 9.80 Å². The summed E-state index contributed by atoms with van der Waals surface area (Å²) in [5.74, 6) is 0.485. The highest BCUT2D eigenvalue weighted by Crippen LogP contribution is 2.28. The fourth-order valence-electron chi connectivity index (χ4n) is 3.03. The largest absolute Gasteiger partial charge is 0.329 e. The molecule has 4 unspecified atom stereocenters. The predicted molar refractivity (Wildman–Crippen MR) is 69.4 cm³/mol. The average Bonchev–Trinajstić information content (AvgIpc) is 2.74. The number of amides is 2. The molecule has 0 aromatic heterocycles. The molecule has 0 aromatic carbocycles. The van der Waals surface area contributed by atoms with Gasteiger partial charge >= 0.3 is 0 Å². The number of carbonyl (C=O) groups excluding carboxylic acids is 2. The highest BCUT2D eigenvalue weighted by Gasteiger charge is 2.47. The molecule has 2 rings (SSSR count). The lowest BCUT2D eigenvalue weighted by Gasteiger charge is -2.43. The first-order chi connectivity index (χ1) is 8.43. The van der Waals surface area contributed by atoms with E-state index in [1.165, 1.54) is 0 Å². The number of piperazine rings is 1. The van der Waals surface area contributed by atoms with Crippen LogP contribution in [0.2, 0.25) is 0 Å². The highest BCUT2D eigenvalue weighted by atomic mass is 32.2. The van der Waals surface area contributed by atoms with E-state index in [-0.39, 0.29) is 23.9 Å². The third-order valence-corrected chi connectivity index (χ3v) is 4.75. The van der Waals surface area contributed by atoms with E-state index in [4.69, 9.17) is 0 Å². The van der Waals surface area contributed by atoms with Crippen LogP contribution in [0.3, 0.4) is 0 Å². The molecule has 0 aromatic rings. The summed E-state index contributed by atoms with van der Waals surface area (Å²) in [5.41, 5.74) is 0. The second kappa shape index (κ2) is 4.99. The SMILES string of the molecule is CC(CS(C)=O)N1C(=O)C2CCCN2C(=O)C1C. The Morgan fingerprint density at radius 2 is 2.06 bits per heavy atom. The minimum atomic E-state index is -0.964. The Morgan fingerprint density at radius 1 is 1.39 bits per heavy atom. The Balaban J connectivity index is 2.21. The molecule has 0 saturated carbocycles. The fourth-order valence-corrected chi connectivity index (χ4v) is 3.87. The van der Waals surface area contributed by atoms with Crippen LogP contribution in [0.15, 0.2) is 0 Å². The Bertz CT molecular complexity index is 399. The second-order valence-electron chi connectivity index (χ2n) is 5.20. The maximum atomic E-state index is 12.4. The summed E-state index contributed by atoms with van der Waals surface area (Å²) in [7, 11) is -0.964. The van der Waals surface area contributed by atoms with Crippen LogP contribution >= 0.6 is 0 Å². The minimum Gasteiger partial charge on any atom is -0.329 e. The summed E-state index contributed by atoms with van der Waals surface area (Å²) in [5, 5.41) is 0. The summed E-state index contributed by atoms with van der Waals surface area (Å²) in [6.07, 6.45) is 3.28. The van der Waals surface area contributed by atoms with Crippen molar-refractivity contribution < 1.29 is 13.8 Å². The van der Waals surface area contributed by atoms with Crippen molar-refractivity contribution >= 4 is 22.6 Å². The predicted octanol–water partition coefficient (Wildman–Crippen LogP) is -0.0249. The normalized spacial score (nSPS) is 31.5. The van der Waals surface area contributed by atoms with Gasteiger partial charge in [0.1, 0.15) is 12.1 Å². The van der Waals surface area contributed by atoms with Crippen molar-refractivity contribution in [1.29, 1.82) is 0 Å². The molecular weight excluding hydrogens is 252 g/mol. The van der Waals surface area contributed by atoms with Gasteiger partial charge in [-0.1, -0.05) is 0 Å². The average molecular weight is 272 g/mol. The van der Waals surface area contributed by atoms with Crippen LogP contribution in [0, 0.1) is 0 Å². The molecule has 2 fully saturated rings. The lowest BCUT2D eigenvalue weighted by molar-refractivity contribution is -0.160. The lowest BCUT2D eigenvalue weighted by Crippen LogP contribution is -2.64. The van der Waals surface area contributed by atoms with Crippen LogP contribution in [-0.4, -0.2) is 62.5 Å². The molecule has 0 bridgehead atoms. The quantitative estimate of drug-likeness (QED) is 0.725. The summed E-state index contributed by atoms with van der Waals surface area (Å²) in [6.45, 7) is 4.33. The van der Waals surface area contributed by atoms with Gasteiger partial charge in [0.15, 0.2) is 0 Å². The molecule has 6 heteroatoms. The van der Waals surface area contributed by atoms with E-state index in [0.717, 1.165) is 12.8 Å². The van der Waals surface area contributed by atoms with E-state index in [0.29, 0.717) is 12.3 Å². The number of rotatable bonds is 3. The molecule has 2 heterocycles. The van der Waals surface area contributed by atoms with E-state index in [2.05, 4.69) is 0 Å². The molecule has 5 nitrogen and oxygen atoms in total. The number of fused-ring (bicyclic) bond motifs is 1. The summed E-state index contributed by atoms with van der Waals surface area (Å²) < 4.78 is 11.3. The maximum Gasteiger partial charge on any atom is 0.246 e. The van der Waals surface area contributed by atoms with Crippen molar-refractivity contribution in [2.45, 2.75) is 44.8 Å². The van der Waals surface area contributed by atoms with Gasteiger partial charge in [-0.05, 0) is 26.7 Å². The van der Waals surface area contributed by atoms with Crippen LogP contribution in [-0.2, 0) is 20.4 Å². The lowest BCUT2D eigenvalue weighted by atomic mass is 10.0. The minimum absolute atomic E-state index is 0.0255. The van der Waals surface area contributed by atoms with E-state index >= 15 is 0 Å². The smallest absolute Gasteiger partial charge is 0.246 e. The molecule has 102 valence electrons. The van der Waals surface area contributed by atoms with Crippen LogP contribution < -0.4 is 0 Å². The first kappa shape index (κ1) is 13.5. The van der Waals surface area contributed by atoms with Crippen LogP contribution in [0.4, 0.5) is 0 Å². The maximum absolute atomic E-state index is 12.4. The third kappa shape index (κ3) is 2.18. The Kier molecular flexibility index (Phi) is 3.75. The number of hydrogen-bond donors (Lipinski definition) is 0. The summed E-state index contributed by atoms with van der Waals surface area (Å²) in [6, 6.07) is -0.850. The molecule has 2 saturated heterocycles. The highest BCUT2D eigenvalue weighted by molar-refractivity contribution is 7.84. The first-order valence-corrected chi connectivity index (χ1v) is 8.09. The van der Waals surface area contributed by atoms with Crippen molar-refractivity contribution in [3.8, 4) is 0 Å². The molecule has 2 aliphatic heterocycles. The van der Waals surface area contributed by atoms with Gasteiger partial charge in [-0.15, -0.1) is 0 Å². The van der Waals surface area contributed by atoms with Crippen molar-refractivity contribution in [3.63, 3.8) is 0 Å². The monoisotopic (exact) mass is 272 g/mol. The van der Waals surface area contributed by atoms with E-state index in [9.17, 15) is 13.8 Å². The molecule has 18 heavy (non-hydrogen) atoms. The standard InChI is InChI=1S/C12H20N2O3S/c1-8(7-18(3)17)14-9(2)11(15)13-6-4-5-10(13)12(14)16/h8-10H,4-7H2,1-3H3. The zero-order valence-corrected chi connectivity index (χ0v) is 11.9. The number of carbonyl (C=O) groups is 2. The van der Waals surface area contributed by atoms with Gasteiger partial charge in [0.2, 0.25) is 11.8 Å². The topological polar surface area (TPSA) is 57.7 Å². The van der Waals surface area contributed by atoms with E-state index in [1.807, 2.05) is 6.92 Å². The molecule has 2 aliphatic rings. The molecule has 4 atom stereocenters. The van der Waals surface area contributed by atoms with E-state index in [1.54, 1.807) is 23.0 Å². The Hall–Kier alpha value is -0.910. The zero-order valence-electron chi connectivity index (χ0n) is 11.1. The van der Waals surface area contributed by atoms with Crippen molar-refractivity contribution in [3.05, 3.63) is 0 Å². The number of nitrogens with zero attached hydrogens (tertiary/aromatic N) is 2. The Morgan fingerprint density at radius 3 is 2.67 bits per heavy atom. The van der Waals surface area contributed by atoms with Gasteiger partial charge in [0, 0.05) is 35.4 Å². The third-order valence-electron chi connectivity index (χ3n) is 3.80. The molecule has 2 amide bonds. The first-order valence-electron chi connectivity index (χ1n) is 6.36. The summed E-state index contributed by atoms with van der Waals surface area (Å²) >= 11 is 0. The van der Waals surface area contributed by atoms with E-state index < -0.39 is 16.8 Å². The zero-order chi connectivity index (χ0) is 13.4. The molecule has 0 aliphatic carbocycles. The van der Waals surface area contributed by atoms with Crippen LogP contribution in [0.25, 0.3) is 0 Å². The molecule has 0 spiro atoms. The van der Waals surface area contributed by atoms with Gasteiger partial charge in [-0.3, -0.25) is 13.8 Å². The van der Waals surface area contributed by atoms with Gasteiger partial charge in [0.05, 0.1) is 0 Å². The van der Waals surface area contributed by atoms with Crippen LogP contribution in [0.1, 0.15) is 26.7 Å². The molecular formula is C12H20N2O3S. The molecule has 0 N–H and O–H groups in total. The summed E-state index contributed by atoms with van der Waals surface area (Å²) in [4.78, 5) is 28.0. The van der Waals surface area contributed by atoms with Gasteiger partial charge in [0.25, 0.3) is 0 Å². The molecule has 0 radical (unpaired) electrons. The van der Waals surface area contributed by atoms with Gasteiger partial charge in [-0.2, -0.15) is 0 Å². The number of hydrogen-bond acceptors (Lipinski definition) is 3. The van der Waals surface area contributed by atoms with Crippen LogP contribution in [0.5, 0.6) is 0 Å². The van der Waals surface area contributed by atoms with Crippen molar-refractivity contribution in [2.24, 2.45) is 0 Å². The van der Waals surface area contributed by atoms with Crippen molar-refractivity contribution in [1.82, 2.24) is 9.80 Å². The van der Waals surface area contributed by atoms with Crippen molar-refractivity contribution in [2.75, 3.05) is 18.6 Å². The van der Waals surface area contributed by atoms with Gasteiger partial charge in [-0.25, -0.2) is 0 Å². The fraction of sp³-hybridized carbons (Fsp3) is 0.833. The second-order valence-corrected chi connectivity index (χ2v) is 6.68. The Labute approximate surface area is 110 Å².